The normalized spacial score (nSPS) is 18.9. The molecule has 5 rings (SSSR count). The molecule has 1 amide bonds. The van der Waals surface area contributed by atoms with Crippen LogP contribution in [0.2, 0.25) is 0 Å². The Balaban J connectivity index is 1.54. The second-order valence-electron chi connectivity index (χ2n) is 9.70. The molecule has 0 radical (unpaired) electrons. The van der Waals surface area contributed by atoms with Gasteiger partial charge in [-0.05, 0) is 43.7 Å². The molecular formula is C28H24F3N3O7. The Morgan fingerprint density at radius 3 is 2.54 bits per heavy atom. The minimum atomic E-state index is -5.21. The molecule has 1 N–H and O–H groups in total. The molecule has 214 valence electrons. The van der Waals surface area contributed by atoms with E-state index in [1.165, 1.54) is 43.3 Å². The standard InChI is InChI=1S/C28H24F3N3O7/c1-14-7-10-20(22(11-14)34(37)38)32-21-6-4-5-18-23(13-39-26(18)21)33(27(36)28(29,30)31)17-8-9-19-24(12-17)40-15(2)25(19)41-16(3)35/h4-12,15,23,25,32H,13H2,1-3H3/t15?,23?,25-/m1/s1. The summed E-state index contributed by atoms with van der Waals surface area (Å²) in [7, 11) is 0. The average Bonchev–Trinajstić information content (AvgIpc) is 3.45. The number of benzene rings is 3. The van der Waals surface area contributed by atoms with Crippen molar-refractivity contribution in [1.29, 1.82) is 0 Å². The van der Waals surface area contributed by atoms with Crippen molar-refractivity contribution in [2.45, 2.75) is 45.2 Å². The Bertz CT molecular complexity index is 1560. The second kappa shape index (κ2) is 10.3. The summed E-state index contributed by atoms with van der Waals surface area (Å²) < 4.78 is 58.5. The maximum absolute atomic E-state index is 13.9. The van der Waals surface area contributed by atoms with Gasteiger partial charge in [0.1, 0.15) is 29.9 Å². The van der Waals surface area contributed by atoms with Gasteiger partial charge in [0.2, 0.25) is 0 Å². The summed E-state index contributed by atoms with van der Waals surface area (Å²) in [5.41, 5.74) is 1.56. The van der Waals surface area contributed by atoms with E-state index in [1.807, 2.05) is 0 Å². The third-order valence-corrected chi connectivity index (χ3v) is 6.80. The van der Waals surface area contributed by atoms with Crippen LogP contribution < -0.4 is 19.7 Å². The van der Waals surface area contributed by atoms with Gasteiger partial charge < -0.3 is 19.5 Å². The third-order valence-electron chi connectivity index (χ3n) is 6.80. The quantitative estimate of drug-likeness (QED) is 0.215. The van der Waals surface area contributed by atoms with Crippen molar-refractivity contribution in [3.8, 4) is 11.5 Å². The number of nitro benzene ring substituents is 1. The molecule has 0 aliphatic carbocycles. The topological polar surface area (TPSA) is 120 Å². The van der Waals surface area contributed by atoms with Crippen molar-refractivity contribution < 1.29 is 41.9 Å². The summed E-state index contributed by atoms with van der Waals surface area (Å²) >= 11 is 0. The maximum atomic E-state index is 13.9. The highest BCUT2D eigenvalue weighted by atomic mass is 19.4. The van der Waals surface area contributed by atoms with Crippen molar-refractivity contribution in [1.82, 2.24) is 0 Å². The van der Waals surface area contributed by atoms with E-state index in [-0.39, 0.29) is 46.4 Å². The number of rotatable bonds is 6. The van der Waals surface area contributed by atoms with Crippen LogP contribution in [0.25, 0.3) is 0 Å². The Labute approximate surface area is 231 Å². The molecule has 2 aliphatic heterocycles. The van der Waals surface area contributed by atoms with Crippen LogP contribution in [0.4, 0.5) is 35.9 Å². The highest BCUT2D eigenvalue weighted by molar-refractivity contribution is 5.98. The van der Waals surface area contributed by atoms with Gasteiger partial charge in [0.15, 0.2) is 6.10 Å². The first-order valence-corrected chi connectivity index (χ1v) is 12.5. The van der Waals surface area contributed by atoms with Gasteiger partial charge in [-0.25, -0.2) is 0 Å². The molecule has 0 saturated heterocycles. The van der Waals surface area contributed by atoms with Crippen molar-refractivity contribution >= 4 is 34.6 Å². The molecule has 2 heterocycles. The number of fused-ring (bicyclic) bond motifs is 2. The first kappa shape index (κ1) is 27.7. The van der Waals surface area contributed by atoms with E-state index in [1.54, 1.807) is 32.0 Å². The Morgan fingerprint density at radius 2 is 1.85 bits per heavy atom. The van der Waals surface area contributed by atoms with Crippen LogP contribution in [0, 0.1) is 17.0 Å². The van der Waals surface area contributed by atoms with Crippen LogP contribution in [0.1, 0.15) is 42.7 Å². The fourth-order valence-corrected chi connectivity index (χ4v) is 5.02. The lowest BCUT2D eigenvalue weighted by Crippen LogP contribution is -2.44. The van der Waals surface area contributed by atoms with Crippen LogP contribution in [-0.2, 0) is 14.3 Å². The minimum absolute atomic E-state index is 0.101. The summed E-state index contributed by atoms with van der Waals surface area (Å²) in [6, 6.07) is 12.1. The molecule has 3 atom stereocenters. The molecule has 0 spiro atoms. The number of nitrogens with one attached hydrogen (secondary N) is 1. The van der Waals surface area contributed by atoms with E-state index in [2.05, 4.69) is 5.32 Å². The lowest BCUT2D eigenvalue weighted by molar-refractivity contribution is -0.384. The lowest BCUT2D eigenvalue weighted by Gasteiger charge is -2.29. The van der Waals surface area contributed by atoms with Gasteiger partial charge in [-0.3, -0.25) is 24.6 Å². The first-order valence-electron chi connectivity index (χ1n) is 12.5. The summed E-state index contributed by atoms with van der Waals surface area (Å²) in [6.07, 6.45) is -6.56. The SMILES string of the molecule is CC(=O)O[C@H]1c2ccc(N(C(=O)C(F)(F)F)C3COc4c(Nc5ccc(C)cc5[N+](=O)[O-])cccc43)cc2OC1C. The summed E-state index contributed by atoms with van der Waals surface area (Å²) in [5, 5.41) is 14.5. The van der Waals surface area contributed by atoms with E-state index in [9.17, 15) is 32.9 Å². The van der Waals surface area contributed by atoms with E-state index in [4.69, 9.17) is 14.2 Å². The predicted octanol–water partition coefficient (Wildman–Crippen LogP) is 6.06. The monoisotopic (exact) mass is 571 g/mol. The number of halogens is 3. The zero-order valence-electron chi connectivity index (χ0n) is 22.0. The van der Waals surface area contributed by atoms with E-state index >= 15 is 0 Å². The van der Waals surface area contributed by atoms with E-state index < -0.39 is 41.2 Å². The average molecular weight is 572 g/mol. The number of aryl methyl sites for hydroxylation is 1. The maximum Gasteiger partial charge on any atom is 0.471 e. The minimum Gasteiger partial charge on any atom is -0.489 e. The van der Waals surface area contributed by atoms with Gasteiger partial charge in [0, 0.05) is 35.9 Å². The lowest BCUT2D eigenvalue weighted by atomic mass is 10.0. The van der Waals surface area contributed by atoms with Crippen molar-refractivity contribution in [3.05, 3.63) is 81.4 Å². The first-order chi connectivity index (χ1) is 19.3. The summed E-state index contributed by atoms with van der Waals surface area (Å²) in [5.74, 6) is -2.32. The number of hydrogen-bond acceptors (Lipinski definition) is 8. The Morgan fingerprint density at radius 1 is 1.10 bits per heavy atom. The van der Waals surface area contributed by atoms with Gasteiger partial charge in [-0.1, -0.05) is 18.2 Å². The number of nitrogens with zero attached hydrogens (tertiary/aromatic N) is 2. The summed E-state index contributed by atoms with van der Waals surface area (Å²) in [4.78, 5) is 36.0. The Kier molecular flexibility index (Phi) is 6.97. The molecule has 0 aromatic heterocycles. The van der Waals surface area contributed by atoms with Crippen LogP contribution >= 0.6 is 0 Å². The number of carbonyl (C=O) groups excluding carboxylic acids is 2. The number of alkyl halides is 3. The van der Waals surface area contributed by atoms with Crippen LogP contribution in [0.3, 0.4) is 0 Å². The smallest absolute Gasteiger partial charge is 0.471 e. The fourth-order valence-electron chi connectivity index (χ4n) is 5.02. The number of ether oxygens (including phenoxy) is 3. The molecule has 13 heteroatoms. The predicted molar refractivity (Wildman–Crippen MR) is 140 cm³/mol. The number of hydrogen-bond donors (Lipinski definition) is 1. The number of esters is 1. The zero-order valence-corrected chi connectivity index (χ0v) is 22.0. The van der Waals surface area contributed by atoms with Crippen molar-refractivity contribution in [3.63, 3.8) is 0 Å². The highest BCUT2D eigenvalue weighted by Gasteiger charge is 2.48. The molecule has 0 bridgehead atoms. The number of amides is 1. The second-order valence-corrected chi connectivity index (χ2v) is 9.70. The molecule has 3 aromatic carbocycles. The molecule has 10 nitrogen and oxygen atoms in total. The van der Waals surface area contributed by atoms with E-state index in [0.29, 0.717) is 16.0 Å². The van der Waals surface area contributed by atoms with Gasteiger partial charge in [0.05, 0.1) is 16.7 Å². The summed E-state index contributed by atoms with van der Waals surface area (Å²) in [6.45, 7) is 4.29. The van der Waals surface area contributed by atoms with Gasteiger partial charge in [0.25, 0.3) is 5.69 Å². The van der Waals surface area contributed by atoms with Gasteiger partial charge in [-0.2, -0.15) is 13.2 Å². The van der Waals surface area contributed by atoms with Crippen molar-refractivity contribution in [2.75, 3.05) is 16.8 Å². The molecule has 0 saturated carbocycles. The fraction of sp³-hybridized carbons (Fsp3) is 0.286. The Hall–Kier alpha value is -4.81. The van der Waals surface area contributed by atoms with Crippen LogP contribution in [0.5, 0.6) is 11.5 Å². The van der Waals surface area contributed by atoms with Crippen LogP contribution in [0.15, 0.2) is 54.6 Å². The highest BCUT2D eigenvalue weighted by Crippen LogP contribution is 2.47. The number of carbonyl (C=O) groups is 2. The molecular weight excluding hydrogens is 547 g/mol. The largest absolute Gasteiger partial charge is 0.489 e. The zero-order chi connectivity index (χ0) is 29.6. The van der Waals surface area contributed by atoms with Gasteiger partial charge >= 0.3 is 18.1 Å². The molecule has 0 fully saturated rings. The number of nitro groups is 1. The molecule has 3 aromatic rings. The van der Waals surface area contributed by atoms with Gasteiger partial charge in [-0.15, -0.1) is 0 Å². The number of anilines is 3. The van der Waals surface area contributed by atoms with E-state index in [0.717, 1.165) is 0 Å². The molecule has 2 aliphatic rings. The molecule has 41 heavy (non-hydrogen) atoms. The third kappa shape index (κ3) is 5.22. The molecule has 2 unspecified atom stereocenters. The van der Waals surface area contributed by atoms with Crippen LogP contribution in [-0.4, -0.2) is 35.7 Å². The van der Waals surface area contributed by atoms with Crippen molar-refractivity contribution in [2.24, 2.45) is 0 Å². The number of para-hydroxylation sites is 1.